The van der Waals surface area contributed by atoms with Gasteiger partial charge in [0, 0.05) is 6.04 Å². The van der Waals surface area contributed by atoms with Gasteiger partial charge in [-0.3, -0.25) is 4.99 Å². The van der Waals surface area contributed by atoms with E-state index >= 15 is 0 Å². The van der Waals surface area contributed by atoms with E-state index in [1.165, 1.54) is 25.7 Å². The number of rotatable bonds is 2. The standard InChI is InChI=1S/C13H18BrN3O/c1-13(10-6-7-11(14)18-10)8-16-12(15)17(13)9-4-2-3-5-9/h6-7,9H,2-5,8H2,1H3,(H2,15,16). The average Bonchev–Trinajstić information content (AvgIpc) is 3.01. The first-order valence-electron chi connectivity index (χ1n) is 6.46. The number of halogens is 1. The van der Waals surface area contributed by atoms with E-state index in [-0.39, 0.29) is 5.54 Å². The largest absolute Gasteiger partial charge is 0.452 e. The molecule has 0 bridgehead atoms. The summed E-state index contributed by atoms with van der Waals surface area (Å²) in [4.78, 5) is 6.72. The van der Waals surface area contributed by atoms with Crippen molar-refractivity contribution in [1.29, 1.82) is 0 Å². The van der Waals surface area contributed by atoms with Crippen molar-refractivity contribution in [2.75, 3.05) is 6.54 Å². The molecule has 5 heteroatoms. The minimum atomic E-state index is -0.231. The minimum Gasteiger partial charge on any atom is -0.452 e. The second kappa shape index (κ2) is 4.30. The van der Waals surface area contributed by atoms with Crippen molar-refractivity contribution in [1.82, 2.24) is 4.90 Å². The predicted molar refractivity (Wildman–Crippen MR) is 74.3 cm³/mol. The maximum atomic E-state index is 6.10. The van der Waals surface area contributed by atoms with Crippen LogP contribution in [0.25, 0.3) is 0 Å². The number of furan rings is 1. The highest BCUT2D eigenvalue weighted by atomic mass is 79.9. The molecule has 0 saturated heterocycles. The highest BCUT2D eigenvalue weighted by Crippen LogP contribution is 2.39. The second-order valence-corrected chi connectivity index (χ2v) is 6.14. The molecule has 1 saturated carbocycles. The molecule has 98 valence electrons. The molecule has 1 atom stereocenters. The molecular weight excluding hydrogens is 294 g/mol. The molecule has 4 nitrogen and oxygen atoms in total. The van der Waals surface area contributed by atoms with Gasteiger partial charge in [0.2, 0.25) is 0 Å². The molecule has 2 N–H and O–H groups in total. The number of nitrogens with two attached hydrogens (primary N) is 1. The van der Waals surface area contributed by atoms with Gasteiger partial charge in [-0.25, -0.2) is 0 Å². The summed E-state index contributed by atoms with van der Waals surface area (Å²) in [5.74, 6) is 1.60. The van der Waals surface area contributed by atoms with Crippen molar-refractivity contribution in [3.8, 4) is 0 Å². The van der Waals surface area contributed by atoms with Gasteiger partial charge in [-0.05, 0) is 47.8 Å². The van der Waals surface area contributed by atoms with Crippen molar-refractivity contribution in [3.63, 3.8) is 0 Å². The van der Waals surface area contributed by atoms with E-state index in [1.807, 2.05) is 12.1 Å². The zero-order valence-corrected chi connectivity index (χ0v) is 12.1. The quantitative estimate of drug-likeness (QED) is 0.913. The summed E-state index contributed by atoms with van der Waals surface area (Å²) >= 11 is 3.37. The molecule has 0 spiro atoms. The van der Waals surface area contributed by atoms with Crippen LogP contribution in [0.3, 0.4) is 0 Å². The third-order valence-electron chi connectivity index (χ3n) is 4.12. The van der Waals surface area contributed by atoms with Crippen LogP contribution in [0.5, 0.6) is 0 Å². The summed E-state index contributed by atoms with van der Waals surface area (Å²) in [5, 5.41) is 0. The molecule has 2 aliphatic rings. The van der Waals surface area contributed by atoms with Gasteiger partial charge >= 0.3 is 0 Å². The van der Waals surface area contributed by atoms with Gasteiger partial charge < -0.3 is 15.1 Å². The van der Waals surface area contributed by atoms with Gasteiger partial charge in [0.05, 0.1) is 6.54 Å². The molecule has 1 aliphatic carbocycles. The monoisotopic (exact) mass is 311 g/mol. The van der Waals surface area contributed by atoms with Crippen molar-refractivity contribution in [2.24, 2.45) is 10.7 Å². The summed E-state index contributed by atoms with van der Waals surface area (Å²) in [7, 11) is 0. The van der Waals surface area contributed by atoms with Crippen LogP contribution in [-0.4, -0.2) is 23.4 Å². The average molecular weight is 312 g/mol. The van der Waals surface area contributed by atoms with Gasteiger partial charge in [0.25, 0.3) is 0 Å². The summed E-state index contributed by atoms with van der Waals surface area (Å²) < 4.78 is 6.51. The molecule has 1 aliphatic heterocycles. The van der Waals surface area contributed by atoms with E-state index < -0.39 is 0 Å². The Labute approximate surface area is 115 Å². The Morgan fingerprint density at radius 2 is 2.17 bits per heavy atom. The Hall–Kier alpha value is -0.970. The third kappa shape index (κ3) is 1.76. The summed E-state index contributed by atoms with van der Waals surface area (Å²) in [5.41, 5.74) is 5.87. The molecule has 1 unspecified atom stereocenters. The van der Waals surface area contributed by atoms with E-state index in [0.29, 0.717) is 18.5 Å². The van der Waals surface area contributed by atoms with Crippen molar-refractivity contribution >= 4 is 21.9 Å². The Morgan fingerprint density at radius 1 is 1.44 bits per heavy atom. The lowest BCUT2D eigenvalue weighted by Gasteiger charge is -2.39. The fourth-order valence-electron chi connectivity index (χ4n) is 3.19. The highest BCUT2D eigenvalue weighted by Gasteiger charge is 2.45. The topological polar surface area (TPSA) is 54.8 Å². The zero-order valence-electron chi connectivity index (χ0n) is 10.5. The van der Waals surface area contributed by atoms with Crippen LogP contribution in [-0.2, 0) is 5.54 Å². The molecular formula is C13H18BrN3O. The minimum absolute atomic E-state index is 0.231. The molecule has 18 heavy (non-hydrogen) atoms. The normalized spacial score (nSPS) is 29.0. The number of hydrogen-bond donors (Lipinski definition) is 1. The highest BCUT2D eigenvalue weighted by molar-refractivity contribution is 9.10. The third-order valence-corrected chi connectivity index (χ3v) is 4.55. The SMILES string of the molecule is CC1(c2ccc(Br)o2)CN=C(N)N1C1CCCC1. The first kappa shape index (κ1) is 12.1. The Kier molecular flexibility index (Phi) is 2.88. The van der Waals surface area contributed by atoms with Crippen LogP contribution < -0.4 is 5.73 Å². The first-order valence-corrected chi connectivity index (χ1v) is 7.25. The smallest absolute Gasteiger partial charge is 0.192 e. The maximum Gasteiger partial charge on any atom is 0.192 e. The van der Waals surface area contributed by atoms with Gasteiger partial charge in [-0.1, -0.05) is 12.8 Å². The molecule has 3 rings (SSSR count). The lowest BCUT2D eigenvalue weighted by Crippen LogP contribution is -2.51. The van der Waals surface area contributed by atoms with E-state index in [1.54, 1.807) is 0 Å². The zero-order chi connectivity index (χ0) is 12.8. The first-order chi connectivity index (χ1) is 8.61. The Bertz CT molecular complexity index is 478. The number of aliphatic imine (C=N–C) groups is 1. The summed E-state index contributed by atoms with van der Waals surface area (Å²) in [6.45, 7) is 2.84. The van der Waals surface area contributed by atoms with Gasteiger partial charge in [-0.15, -0.1) is 0 Å². The molecule has 0 amide bonds. The molecule has 1 aromatic heterocycles. The van der Waals surface area contributed by atoms with E-state index in [0.717, 1.165) is 10.4 Å². The Balaban J connectivity index is 1.95. The summed E-state index contributed by atoms with van der Waals surface area (Å²) in [6, 6.07) is 4.45. The van der Waals surface area contributed by atoms with Crippen LogP contribution in [0, 0.1) is 0 Å². The lowest BCUT2D eigenvalue weighted by atomic mass is 9.95. The fraction of sp³-hybridized carbons (Fsp3) is 0.615. The molecule has 1 fully saturated rings. The van der Waals surface area contributed by atoms with Crippen molar-refractivity contribution in [3.05, 3.63) is 22.6 Å². The molecule has 0 radical (unpaired) electrons. The van der Waals surface area contributed by atoms with Gasteiger partial charge in [0.15, 0.2) is 10.6 Å². The molecule has 2 heterocycles. The fourth-order valence-corrected chi connectivity index (χ4v) is 3.50. The van der Waals surface area contributed by atoms with E-state index in [2.05, 4.69) is 32.7 Å². The number of guanidine groups is 1. The maximum absolute atomic E-state index is 6.10. The molecule has 0 aromatic carbocycles. The van der Waals surface area contributed by atoms with Gasteiger partial charge in [0.1, 0.15) is 11.3 Å². The van der Waals surface area contributed by atoms with Gasteiger partial charge in [-0.2, -0.15) is 0 Å². The second-order valence-electron chi connectivity index (χ2n) is 5.36. The van der Waals surface area contributed by atoms with E-state index in [4.69, 9.17) is 10.2 Å². The van der Waals surface area contributed by atoms with Crippen LogP contribution in [0.1, 0.15) is 38.4 Å². The van der Waals surface area contributed by atoms with Crippen LogP contribution in [0.2, 0.25) is 0 Å². The Morgan fingerprint density at radius 3 is 2.78 bits per heavy atom. The number of hydrogen-bond acceptors (Lipinski definition) is 4. The predicted octanol–water partition coefficient (Wildman–Crippen LogP) is 2.83. The van der Waals surface area contributed by atoms with Crippen LogP contribution >= 0.6 is 15.9 Å². The number of nitrogens with zero attached hydrogens (tertiary/aromatic N) is 2. The van der Waals surface area contributed by atoms with E-state index in [9.17, 15) is 0 Å². The summed E-state index contributed by atoms with van der Waals surface area (Å²) in [6.07, 6.45) is 4.97. The van der Waals surface area contributed by atoms with Crippen molar-refractivity contribution < 1.29 is 4.42 Å². The van der Waals surface area contributed by atoms with Crippen LogP contribution in [0.15, 0.2) is 26.2 Å². The van der Waals surface area contributed by atoms with Crippen LogP contribution in [0.4, 0.5) is 0 Å². The lowest BCUT2D eigenvalue weighted by molar-refractivity contribution is 0.139. The van der Waals surface area contributed by atoms with Crippen molar-refractivity contribution in [2.45, 2.75) is 44.2 Å². The molecule has 1 aromatic rings.